The highest BCUT2D eigenvalue weighted by Crippen LogP contribution is 2.30. The Balaban J connectivity index is 1.66. The molecule has 2 aromatic carbocycles. The smallest absolute Gasteiger partial charge is 0.229 e. The largest absolute Gasteiger partial charge is 0.399 e. The molecule has 5 nitrogen and oxygen atoms in total. The van der Waals surface area contributed by atoms with Gasteiger partial charge in [-0.2, -0.15) is 4.98 Å². The van der Waals surface area contributed by atoms with Crippen molar-refractivity contribution in [3.05, 3.63) is 78.0 Å². The van der Waals surface area contributed by atoms with Crippen molar-refractivity contribution in [1.82, 2.24) is 9.97 Å². The average molecular weight is 357 g/mol. The second kappa shape index (κ2) is 7.50. The summed E-state index contributed by atoms with van der Waals surface area (Å²) in [5, 5.41) is 6.70. The van der Waals surface area contributed by atoms with E-state index >= 15 is 0 Å². The maximum absolute atomic E-state index is 5.93. The van der Waals surface area contributed by atoms with E-state index in [1.807, 2.05) is 30.3 Å². The first-order valence-corrected chi connectivity index (χ1v) is 9.22. The first kappa shape index (κ1) is 17.1. The Kier molecular flexibility index (Phi) is 4.75. The summed E-state index contributed by atoms with van der Waals surface area (Å²) >= 11 is 0. The fourth-order valence-electron chi connectivity index (χ4n) is 3.45. The number of hydrogen-bond acceptors (Lipinski definition) is 5. The van der Waals surface area contributed by atoms with Gasteiger partial charge in [-0.1, -0.05) is 36.9 Å². The fraction of sp³-hybridized carbons (Fsp3) is 0.182. The number of benzene rings is 2. The van der Waals surface area contributed by atoms with Crippen molar-refractivity contribution in [2.75, 3.05) is 10.6 Å². The highest BCUT2D eigenvalue weighted by atomic mass is 15.1. The molecule has 0 saturated heterocycles. The Bertz CT molecular complexity index is 966. The van der Waals surface area contributed by atoms with Gasteiger partial charge in [0.15, 0.2) is 0 Å². The van der Waals surface area contributed by atoms with Gasteiger partial charge in [-0.05, 0) is 55.0 Å². The number of aromatic nitrogens is 2. The number of hydrogen-bond donors (Lipinski definition) is 3. The van der Waals surface area contributed by atoms with Gasteiger partial charge in [0, 0.05) is 23.3 Å². The van der Waals surface area contributed by atoms with Crippen molar-refractivity contribution in [3.8, 4) is 0 Å². The van der Waals surface area contributed by atoms with Crippen molar-refractivity contribution in [2.24, 2.45) is 5.73 Å². The van der Waals surface area contributed by atoms with Gasteiger partial charge in [0.05, 0.1) is 5.56 Å². The van der Waals surface area contributed by atoms with E-state index in [2.05, 4.69) is 45.4 Å². The Morgan fingerprint density at radius 2 is 1.78 bits per heavy atom. The number of nitrogens with zero attached hydrogens (tertiary/aromatic N) is 2. The molecule has 0 unspecified atom stereocenters. The van der Waals surface area contributed by atoms with Crippen LogP contribution < -0.4 is 16.4 Å². The molecule has 4 rings (SSSR count). The Morgan fingerprint density at radius 1 is 0.963 bits per heavy atom. The summed E-state index contributed by atoms with van der Waals surface area (Å²) in [4.78, 5) is 9.10. The Hall–Kier alpha value is -3.34. The molecule has 136 valence electrons. The molecule has 1 heterocycles. The van der Waals surface area contributed by atoms with E-state index in [0.29, 0.717) is 23.0 Å². The topological polar surface area (TPSA) is 75.9 Å². The minimum absolute atomic E-state index is 0.428. The first-order chi connectivity index (χ1) is 13.2. The Labute approximate surface area is 159 Å². The predicted octanol–water partition coefficient (Wildman–Crippen LogP) is 4.77. The van der Waals surface area contributed by atoms with Crippen LogP contribution in [0.5, 0.6) is 0 Å². The highest BCUT2D eigenvalue weighted by molar-refractivity contribution is 5.75. The lowest BCUT2D eigenvalue weighted by Crippen LogP contribution is -2.09. The van der Waals surface area contributed by atoms with E-state index in [9.17, 15) is 0 Å². The molecular formula is C22H23N5. The van der Waals surface area contributed by atoms with Crippen LogP contribution in [0.3, 0.4) is 0 Å². The van der Waals surface area contributed by atoms with E-state index < -0.39 is 0 Å². The van der Waals surface area contributed by atoms with E-state index in [-0.39, 0.29) is 0 Å². The number of aryl methyl sites for hydroxylation is 1. The fourth-order valence-corrected chi connectivity index (χ4v) is 3.45. The molecule has 0 radical (unpaired) electrons. The van der Waals surface area contributed by atoms with Gasteiger partial charge >= 0.3 is 0 Å². The van der Waals surface area contributed by atoms with Crippen LogP contribution in [0.4, 0.5) is 23.1 Å². The van der Waals surface area contributed by atoms with Gasteiger partial charge in [-0.3, -0.25) is 0 Å². The number of para-hydroxylation sites is 1. The van der Waals surface area contributed by atoms with Gasteiger partial charge in [-0.15, -0.1) is 0 Å². The summed E-state index contributed by atoms with van der Waals surface area (Å²) in [6, 6.07) is 16.3. The summed E-state index contributed by atoms with van der Waals surface area (Å²) in [6.07, 6.45) is 6.41. The number of nitrogens with two attached hydrogens (primary N) is 1. The van der Waals surface area contributed by atoms with Gasteiger partial charge < -0.3 is 16.4 Å². The summed E-state index contributed by atoms with van der Waals surface area (Å²) in [5.41, 5.74) is 11.9. The maximum atomic E-state index is 5.93. The van der Waals surface area contributed by atoms with Crippen LogP contribution in [0, 0.1) is 0 Å². The van der Waals surface area contributed by atoms with Crippen molar-refractivity contribution in [1.29, 1.82) is 0 Å². The van der Waals surface area contributed by atoms with E-state index in [4.69, 9.17) is 5.73 Å². The monoisotopic (exact) mass is 357 g/mol. The molecule has 1 aliphatic carbocycles. The SMILES string of the molecule is C=C(N)c1cnc(Nc2cccc3c2CCCC3)nc1Nc1ccccc1. The molecule has 4 N–H and O–H groups in total. The molecule has 5 heteroatoms. The molecule has 3 aromatic rings. The average Bonchev–Trinajstić information content (AvgIpc) is 2.69. The lowest BCUT2D eigenvalue weighted by Gasteiger charge is -2.20. The van der Waals surface area contributed by atoms with Crippen LogP contribution in [0.25, 0.3) is 5.70 Å². The van der Waals surface area contributed by atoms with Gasteiger partial charge in [0.25, 0.3) is 0 Å². The third kappa shape index (κ3) is 3.77. The van der Waals surface area contributed by atoms with Crippen molar-refractivity contribution >= 4 is 28.8 Å². The molecule has 0 fully saturated rings. The molecule has 0 aliphatic heterocycles. The molecule has 1 aromatic heterocycles. The number of nitrogens with one attached hydrogen (secondary N) is 2. The zero-order chi connectivity index (χ0) is 18.6. The number of fused-ring (bicyclic) bond motifs is 1. The molecule has 0 bridgehead atoms. The molecular weight excluding hydrogens is 334 g/mol. The second-order valence-electron chi connectivity index (χ2n) is 6.75. The summed E-state index contributed by atoms with van der Waals surface area (Å²) in [6.45, 7) is 3.84. The molecule has 27 heavy (non-hydrogen) atoms. The minimum atomic E-state index is 0.428. The highest BCUT2D eigenvalue weighted by Gasteiger charge is 2.15. The van der Waals surface area contributed by atoms with Crippen LogP contribution in [-0.4, -0.2) is 9.97 Å². The lowest BCUT2D eigenvalue weighted by atomic mass is 9.90. The van der Waals surface area contributed by atoms with Crippen LogP contribution in [0.2, 0.25) is 0 Å². The quantitative estimate of drug-likeness (QED) is 0.613. The van der Waals surface area contributed by atoms with Crippen LogP contribution in [0.15, 0.2) is 61.3 Å². The van der Waals surface area contributed by atoms with Gasteiger partial charge in [0.2, 0.25) is 5.95 Å². The zero-order valence-electron chi connectivity index (χ0n) is 15.2. The van der Waals surface area contributed by atoms with E-state index in [0.717, 1.165) is 24.2 Å². The van der Waals surface area contributed by atoms with Gasteiger partial charge in [0.1, 0.15) is 5.82 Å². The van der Waals surface area contributed by atoms with Crippen molar-refractivity contribution in [3.63, 3.8) is 0 Å². The minimum Gasteiger partial charge on any atom is -0.399 e. The van der Waals surface area contributed by atoms with Crippen molar-refractivity contribution in [2.45, 2.75) is 25.7 Å². The summed E-state index contributed by atoms with van der Waals surface area (Å²) < 4.78 is 0. The molecule has 1 aliphatic rings. The lowest BCUT2D eigenvalue weighted by molar-refractivity contribution is 0.687. The van der Waals surface area contributed by atoms with E-state index in [1.54, 1.807) is 6.20 Å². The molecule has 0 saturated carbocycles. The first-order valence-electron chi connectivity index (χ1n) is 9.22. The standard InChI is InChI=1S/C22H23N5/c1-15(23)19-14-24-22(27-21(19)25-17-10-3-2-4-11-17)26-20-13-7-9-16-8-5-6-12-18(16)20/h2-4,7,9-11,13-14H,1,5-6,8,12,23H2,(H2,24,25,26,27). The second-order valence-corrected chi connectivity index (χ2v) is 6.75. The number of anilines is 4. The molecule has 0 atom stereocenters. The van der Waals surface area contributed by atoms with Crippen LogP contribution >= 0.6 is 0 Å². The van der Waals surface area contributed by atoms with E-state index in [1.165, 1.54) is 24.0 Å². The van der Waals surface area contributed by atoms with Crippen molar-refractivity contribution < 1.29 is 0 Å². The predicted molar refractivity (Wildman–Crippen MR) is 111 cm³/mol. The normalized spacial score (nSPS) is 12.9. The third-order valence-electron chi connectivity index (χ3n) is 4.81. The molecule has 0 spiro atoms. The Morgan fingerprint density at radius 3 is 2.59 bits per heavy atom. The number of rotatable bonds is 5. The summed E-state index contributed by atoms with van der Waals surface area (Å²) in [5.74, 6) is 1.17. The maximum Gasteiger partial charge on any atom is 0.229 e. The zero-order valence-corrected chi connectivity index (χ0v) is 15.2. The summed E-state index contributed by atoms with van der Waals surface area (Å²) in [7, 11) is 0. The molecule has 0 amide bonds. The van der Waals surface area contributed by atoms with Crippen LogP contribution in [-0.2, 0) is 12.8 Å². The third-order valence-corrected chi connectivity index (χ3v) is 4.81. The van der Waals surface area contributed by atoms with Crippen LogP contribution in [0.1, 0.15) is 29.5 Å². The van der Waals surface area contributed by atoms with Gasteiger partial charge in [-0.25, -0.2) is 4.98 Å².